The lowest BCUT2D eigenvalue weighted by Gasteiger charge is -2.40. The number of ether oxygens (including phenoxy) is 4. The Morgan fingerprint density at radius 1 is 1.05 bits per heavy atom. The number of aliphatic hydroxyl groups is 1. The fraction of sp³-hybridized carbons (Fsp3) is 0.452. The summed E-state index contributed by atoms with van der Waals surface area (Å²) in [6.07, 6.45) is -0.914. The molecule has 0 aliphatic carbocycles. The third-order valence-corrected chi connectivity index (χ3v) is 8.83. The molecular weight excluding hydrogens is 526 g/mol. The average Bonchev–Trinajstić information content (AvgIpc) is 2.94. The van der Waals surface area contributed by atoms with E-state index in [1.807, 2.05) is 54.6 Å². The number of benzene rings is 3. The van der Waals surface area contributed by atoms with Crippen molar-refractivity contribution >= 4 is 24.9 Å². The topological polar surface area (TPSA) is 101 Å². The van der Waals surface area contributed by atoms with Crippen LogP contribution in [0, 0.1) is 0 Å². The summed E-state index contributed by atoms with van der Waals surface area (Å²) < 4.78 is 23.7. The first-order valence-electron chi connectivity index (χ1n) is 13.9. The summed E-state index contributed by atoms with van der Waals surface area (Å²) in [6.45, 7) is 8.94. The zero-order valence-electron chi connectivity index (χ0n) is 23.6. The molecule has 1 N–H and O–H groups in total. The number of amides is 1. The molecule has 1 heterocycles. The van der Waals surface area contributed by atoms with E-state index in [1.54, 1.807) is 0 Å². The Hall–Kier alpha value is -3.11. The van der Waals surface area contributed by atoms with Crippen molar-refractivity contribution in [2.45, 2.75) is 50.7 Å². The number of carbonyl (C=O) groups excluding carboxylic acids is 1. The molecule has 216 valence electrons. The van der Waals surface area contributed by atoms with Crippen molar-refractivity contribution in [2.24, 2.45) is 0 Å². The highest BCUT2D eigenvalue weighted by atomic mass is 28.3. The molecule has 1 aliphatic rings. The van der Waals surface area contributed by atoms with Crippen LogP contribution in [-0.4, -0.2) is 70.0 Å². The lowest BCUT2D eigenvalue weighted by atomic mass is 9.87. The van der Waals surface area contributed by atoms with Gasteiger partial charge in [0.15, 0.2) is 6.79 Å². The maximum atomic E-state index is 11.7. The molecule has 0 spiro atoms. The van der Waals surface area contributed by atoms with Gasteiger partial charge in [-0.1, -0.05) is 56.0 Å². The molecule has 3 aromatic carbocycles. The largest absolute Gasteiger partial charge is 0.530 e. The summed E-state index contributed by atoms with van der Waals surface area (Å²) in [4.78, 5) is 13.0. The number of likely N-dealkylation sites (tertiary alicyclic amines) is 1. The second-order valence-electron chi connectivity index (χ2n) is 11.4. The molecule has 3 aromatic rings. The standard InChI is InChI=1S/C31H41NO7Si/c1-40(2,3)17-16-36-22-39-29-19-23(18-25-6-4-5-7-27(25)29)21-38-30-20-32(31(34)35)13-12-28(30)24-8-10-26(11-9-24)37-15-14-33/h4-11,18-19,28,30,33H,12-17,20-22H2,1-3H3,(H,34,35)/p-1. The molecule has 1 saturated heterocycles. The molecule has 0 aromatic heterocycles. The van der Waals surface area contributed by atoms with E-state index in [0.29, 0.717) is 31.9 Å². The van der Waals surface area contributed by atoms with Crippen LogP contribution in [0.1, 0.15) is 23.5 Å². The van der Waals surface area contributed by atoms with Crippen molar-refractivity contribution in [2.75, 3.05) is 39.7 Å². The third kappa shape index (κ3) is 8.44. The van der Waals surface area contributed by atoms with Crippen molar-refractivity contribution in [3.8, 4) is 11.5 Å². The molecule has 40 heavy (non-hydrogen) atoms. The minimum atomic E-state index is -1.18. The zero-order chi connectivity index (χ0) is 28.5. The summed E-state index contributed by atoms with van der Waals surface area (Å²) in [5.41, 5.74) is 1.99. The van der Waals surface area contributed by atoms with Crippen LogP contribution in [0.15, 0.2) is 60.7 Å². The maximum absolute atomic E-state index is 11.7. The van der Waals surface area contributed by atoms with Gasteiger partial charge in [-0.2, -0.15) is 0 Å². The third-order valence-electron chi connectivity index (χ3n) is 7.13. The highest BCUT2D eigenvalue weighted by Crippen LogP contribution is 2.33. The Bertz CT molecular complexity index is 1240. The van der Waals surface area contributed by atoms with Crippen LogP contribution < -0.4 is 14.6 Å². The summed E-state index contributed by atoms with van der Waals surface area (Å²) in [5.74, 6) is 1.42. The average molecular weight is 567 g/mol. The number of rotatable bonds is 13. The second kappa shape index (κ2) is 14.0. The van der Waals surface area contributed by atoms with E-state index in [-0.39, 0.29) is 38.6 Å². The molecular formula is C31H40NO7Si-. The molecule has 1 amide bonds. The molecule has 8 nitrogen and oxygen atoms in total. The normalized spacial score (nSPS) is 17.6. The molecule has 4 rings (SSSR count). The van der Waals surface area contributed by atoms with Crippen molar-refractivity contribution < 1.29 is 34.0 Å². The quantitative estimate of drug-likeness (QED) is 0.183. The van der Waals surface area contributed by atoms with Gasteiger partial charge in [-0.3, -0.25) is 0 Å². The van der Waals surface area contributed by atoms with Crippen molar-refractivity contribution in [3.05, 3.63) is 71.8 Å². The van der Waals surface area contributed by atoms with Crippen molar-refractivity contribution in [1.29, 1.82) is 0 Å². The van der Waals surface area contributed by atoms with E-state index in [2.05, 4.69) is 25.7 Å². The Kier molecular flexibility index (Phi) is 10.4. The summed E-state index contributed by atoms with van der Waals surface area (Å²) in [5, 5.41) is 22.7. The molecule has 0 radical (unpaired) electrons. The number of piperidine rings is 1. The van der Waals surface area contributed by atoms with E-state index in [0.717, 1.165) is 33.7 Å². The van der Waals surface area contributed by atoms with Crippen LogP contribution in [0.5, 0.6) is 11.5 Å². The summed E-state index contributed by atoms with van der Waals surface area (Å²) >= 11 is 0. The second-order valence-corrected chi connectivity index (χ2v) is 17.0. The summed E-state index contributed by atoms with van der Waals surface area (Å²) in [6, 6.07) is 20.9. The van der Waals surface area contributed by atoms with E-state index in [4.69, 9.17) is 24.1 Å². The van der Waals surface area contributed by atoms with Gasteiger partial charge in [0.1, 0.15) is 24.2 Å². The minimum Gasteiger partial charge on any atom is -0.530 e. The smallest absolute Gasteiger partial charge is 0.189 e. The molecule has 9 heteroatoms. The van der Waals surface area contributed by atoms with Gasteiger partial charge in [-0.15, -0.1) is 0 Å². The Morgan fingerprint density at radius 3 is 2.55 bits per heavy atom. The van der Waals surface area contributed by atoms with Crippen LogP contribution in [0.25, 0.3) is 10.8 Å². The van der Waals surface area contributed by atoms with Gasteiger partial charge in [0, 0.05) is 39.1 Å². The van der Waals surface area contributed by atoms with Gasteiger partial charge >= 0.3 is 0 Å². The van der Waals surface area contributed by atoms with Gasteiger partial charge < -0.3 is 38.9 Å². The number of carboxylic acid groups (broad SMARTS) is 1. The monoisotopic (exact) mass is 566 g/mol. The minimum absolute atomic E-state index is 0.0124. The van der Waals surface area contributed by atoms with Crippen LogP contribution in [0.2, 0.25) is 25.7 Å². The Labute approximate surface area is 237 Å². The Balaban J connectivity index is 1.47. The van der Waals surface area contributed by atoms with Crippen LogP contribution in [0.4, 0.5) is 4.79 Å². The molecule has 0 saturated carbocycles. The highest BCUT2D eigenvalue weighted by molar-refractivity contribution is 6.76. The van der Waals surface area contributed by atoms with E-state index in [9.17, 15) is 9.90 Å². The SMILES string of the molecule is C[Si](C)(C)CCOCOc1cc(COC2CN(C(=O)[O-])CCC2c2ccc(OCCO)cc2)cc2ccccc12. The first-order valence-corrected chi connectivity index (χ1v) is 17.6. The predicted molar refractivity (Wildman–Crippen MR) is 155 cm³/mol. The molecule has 0 bridgehead atoms. The predicted octanol–water partition coefficient (Wildman–Crippen LogP) is 4.62. The van der Waals surface area contributed by atoms with Crippen molar-refractivity contribution in [3.63, 3.8) is 0 Å². The number of hydrogen-bond acceptors (Lipinski definition) is 7. The summed E-state index contributed by atoms with van der Waals surface area (Å²) in [7, 11) is -1.17. The van der Waals surface area contributed by atoms with Crippen LogP contribution >= 0.6 is 0 Å². The van der Waals surface area contributed by atoms with Crippen LogP contribution in [-0.2, 0) is 16.1 Å². The lowest BCUT2D eigenvalue weighted by Crippen LogP contribution is -2.51. The number of nitrogens with zero attached hydrogens (tertiary/aromatic N) is 1. The maximum Gasteiger partial charge on any atom is 0.189 e. The number of carbonyl (C=O) groups is 1. The fourth-order valence-electron chi connectivity index (χ4n) is 4.89. The highest BCUT2D eigenvalue weighted by Gasteiger charge is 2.31. The van der Waals surface area contributed by atoms with Gasteiger partial charge in [0.05, 0.1) is 19.3 Å². The van der Waals surface area contributed by atoms with E-state index < -0.39 is 14.2 Å². The van der Waals surface area contributed by atoms with Gasteiger partial charge in [0.2, 0.25) is 0 Å². The molecule has 1 fully saturated rings. The van der Waals surface area contributed by atoms with Gasteiger partial charge in [-0.25, -0.2) is 0 Å². The number of fused-ring (bicyclic) bond motifs is 1. The van der Waals surface area contributed by atoms with Crippen molar-refractivity contribution in [1.82, 2.24) is 4.90 Å². The molecule has 2 unspecified atom stereocenters. The Morgan fingerprint density at radius 2 is 1.82 bits per heavy atom. The number of hydrogen-bond donors (Lipinski definition) is 1. The van der Waals surface area contributed by atoms with Gasteiger partial charge in [0.25, 0.3) is 0 Å². The molecule has 1 aliphatic heterocycles. The first kappa shape index (κ1) is 29.9. The lowest BCUT2D eigenvalue weighted by molar-refractivity contribution is -0.268. The van der Waals surface area contributed by atoms with E-state index in [1.165, 1.54) is 4.90 Å². The van der Waals surface area contributed by atoms with Gasteiger partial charge in [-0.05, 0) is 53.2 Å². The van der Waals surface area contributed by atoms with E-state index >= 15 is 0 Å². The van der Waals surface area contributed by atoms with Crippen LogP contribution in [0.3, 0.4) is 0 Å². The fourth-order valence-corrected chi connectivity index (χ4v) is 5.65. The molecule has 2 atom stereocenters. The number of aliphatic hydroxyl groups excluding tert-OH is 1. The first-order chi connectivity index (χ1) is 19.2. The zero-order valence-corrected chi connectivity index (χ0v) is 24.6.